The molecule has 2 N–H and O–H groups in total. The summed E-state index contributed by atoms with van der Waals surface area (Å²) in [5.41, 5.74) is 0. The number of amides is 1. The van der Waals surface area contributed by atoms with E-state index >= 15 is 0 Å². The van der Waals surface area contributed by atoms with Gasteiger partial charge in [0.05, 0.1) is 32.0 Å². The summed E-state index contributed by atoms with van der Waals surface area (Å²) in [6, 6.07) is 4.15. The fourth-order valence-electron chi connectivity index (χ4n) is 3.11. The van der Waals surface area contributed by atoms with Crippen molar-refractivity contribution >= 4 is 42.1 Å². The maximum atomic E-state index is 12.5. The van der Waals surface area contributed by atoms with Crippen LogP contribution in [0.2, 0.25) is 0 Å². The summed E-state index contributed by atoms with van der Waals surface area (Å²) in [5, 5.41) is 8.44. The highest BCUT2D eigenvalue weighted by molar-refractivity contribution is 7.10. The Morgan fingerprint density at radius 3 is 2.80 bits per heavy atom. The molecule has 144 valence electrons. The third-order valence-corrected chi connectivity index (χ3v) is 5.40. The van der Waals surface area contributed by atoms with Crippen molar-refractivity contribution in [2.24, 2.45) is 0 Å². The summed E-state index contributed by atoms with van der Waals surface area (Å²) in [5.74, 6) is 0.0204. The summed E-state index contributed by atoms with van der Waals surface area (Å²) in [6.45, 7) is 7.26. The zero-order valence-corrected chi connectivity index (χ0v) is 16.8. The molecule has 2 saturated heterocycles. The van der Waals surface area contributed by atoms with E-state index in [4.69, 9.17) is 9.47 Å². The third-order valence-electron chi connectivity index (χ3n) is 4.43. The average molecular weight is 412 g/mol. The lowest BCUT2D eigenvalue weighted by Gasteiger charge is -2.35. The first-order valence-corrected chi connectivity index (χ1v) is 9.11. The summed E-state index contributed by atoms with van der Waals surface area (Å²) < 4.78 is 11.0. The average Bonchev–Trinajstić information content (AvgIpc) is 3.10. The molecule has 2 fully saturated rings. The number of rotatable bonds is 5. The van der Waals surface area contributed by atoms with Gasteiger partial charge in [-0.1, -0.05) is 6.07 Å². The van der Waals surface area contributed by atoms with Gasteiger partial charge in [0.1, 0.15) is 6.04 Å². The summed E-state index contributed by atoms with van der Waals surface area (Å²) in [7, 11) is 0. The number of hydrogen-bond acceptors (Lipinski definition) is 6. The Hall–Kier alpha value is -0.410. The number of ether oxygens (including phenoxy) is 2. The van der Waals surface area contributed by atoms with Crippen molar-refractivity contribution in [3.05, 3.63) is 22.4 Å². The molecule has 0 radical (unpaired) electrons. The van der Waals surface area contributed by atoms with E-state index in [1.807, 2.05) is 6.92 Å². The molecule has 0 saturated carbocycles. The first-order valence-electron chi connectivity index (χ1n) is 8.23. The van der Waals surface area contributed by atoms with Crippen LogP contribution in [0.4, 0.5) is 0 Å². The van der Waals surface area contributed by atoms with Crippen molar-refractivity contribution in [2.45, 2.75) is 25.1 Å². The highest BCUT2D eigenvalue weighted by Gasteiger charge is 2.30. The number of halogens is 2. The Morgan fingerprint density at radius 1 is 1.40 bits per heavy atom. The van der Waals surface area contributed by atoms with Crippen LogP contribution in [-0.4, -0.2) is 69.0 Å². The maximum Gasteiger partial charge on any atom is 0.239 e. The van der Waals surface area contributed by atoms with Gasteiger partial charge in [0.2, 0.25) is 5.91 Å². The van der Waals surface area contributed by atoms with E-state index in [1.54, 1.807) is 11.3 Å². The van der Waals surface area contributed by atoms with E-state index in [-0.39, 0.29) is 48.9 Å². The molecule has 6 nitrogen and oxygen atoms in total. The van der Waals surface area contributed by atoms with E-state index in [0.29, 0.717) is 13.2 Å². The molecule has 1 aromatic heterocycles. The molecule has 0 spiro atoms. The number of hydrogen-bond donors (Lipinski definition) is 2. The second-order valence-corrected chi connectivity index (χ2v) is 6.91. The van der Waals surface area contributed by atoms with Crippen LogP contribution in [-0.2, 0) is 14.3 Å². The van der Waals surface area contributed by atoms with Crippen LogP contribution < -0.4 is 10.6 Å². The second kappa shape index (κ2) is 11.3. The maximum absolute atomic E-state index is 12.5. The standard InChI is InChI=1S/C16H25N3O3S.2ClH/c1-12-15(17-4-7-22-12)16(20)18-11-13(14-3-2-10-23-14)19-5-8-21-9-6-19;;/h2-3,10,12-13,15,17H,4-9,11H2,1H3,(H,18,20);2*1H/t12-,13?,15+;;/m1../s1. The minimum atomic E-state index is -0.266. The molecule has 3 heterocycles. The normalized spacial score (nSPS) is 25.3. The molecule has 2 aliphatic rings. The third kappa shape index (κ3) is 6.06. The van der Waals surface area contributed by atoms with Gasteiger partial charge in [0, 0.05) is 31.1 Å². The van der Waals surface area contributed by atoms with Crippen LogP contribution in [0, 0.1) is 0 Å². The monoisotopic (exact) mass is 411 g/mol. The Labute approximate surface area is 165 Å². The first-order chi connectivity index (χ1) is 11.3. The highest BCUT2D eigenvalue weighted by atomic mass is 35.5. The van der Waals surface area contributed by atoms with E-state index < -0.39 is 0 Å². The molecule has 0 aromatic carbocycles. The predicted molar refractivity (Wildman–Crippen MR) is 104 cm³/mol. The quantitative estimate of drug-likeness (QED) is 0.767. The lowest BCUT2D eigenvalue weighted by molar-refractivity contribution is -0.129. The Balaban J connectivity index is 0.00000156. The molecule has 0 aliphatic carbocycles. The Kier molecular flexibility index (Phi) is 10.3. The number of carbonyl (C=O) groups is 1. The molecule has 1 unspecified atom stereocenters. The molecule has 9 heteroatoms. The molecule has 25 heavy (non-hydrogen) atoms. The van der Waals surface area contributed by atoms with Gasteiger partial charge >= 0.3 is 0 Å². The molecule has 3 atom stereocenters. The van der Waals surface area contributed by atoms with Gasteiger partial charge in [-0.2, -0.15) is 0 Å². The summed E-state index contributed by atoms with van der Waals surface area (Å²) in [4.78, 5) is 16.1. The van der Waals surface area contributed by atoms with Gasteiger partial charge < -0.3 is 20.1 Å². The smallest absolute Gasteiger partial charge is 0.239 e. The molecular formula is C16H27Cl2N3O3S. The van der Waals surface area contributed by atoms with Gasteiger partial charge in [0.25, 0.3) is 0 Å². The highest BCUT2D eigenvalue weighted by Crippen LogP contribution is 2.25. The van der Waals surface area contributed by atoms with E-state index in [1.165, 1.54) is 4.88 Å². The number of morpholine rings is 2. The van der Waals surface area contributed by atoms with E-state index in [2.05, 4.69) is 33.0 Å². The molecule has 0 bridgehead atoms. The van der Waals surface area contributed by atoms with Gasteiger partial charge in [0.15, 0.2) is 0 Å². The SMILES string of the molecule is C[C@H]1OCCN[C@@H]1C(=O)NCC(c1cccs1)N1CCOCC1.Cl.Cl. The molecule has 1 aromatic rings. The zero-order chi connectivity index (χ0) is 16.1. The topological polar surface area (TPSA) is 62.8 Å². The molecular weight excluding hydrogens is 385 g/mol. The van der Waals surface area contributed by atoms with Crippen molar-refractivity contribution < 1.29 is 14.3 Å². The van der Waals surface area contributed by atoms with Crippen LogP contribution in [0.15, 0.2) is 17.5 Å². The van der Waals surface area contributed by atoms with Crippen molar-refractivity contribution in [3.8, 4) is 0 Å². The second-order valence-electron chi connectivity index (χ2n) is 5.93. The Bertz CT molecular complexity index is 501. The largest absolute Gasteiger partial charge is 0.379 e. The van der Waals surface area contributed by atoms with Gasteiger partial charge in [-0.25, -0.2) is 0 Å². The van der Waals surface area contributed by atoms with Crippen LogP contribution in [0.1, 0.15) is 17.8 Å². The molecule has 3 rings (SSSR count). The number of nitrogens with one attached hydrogen (secondary N) is 2. The molecule has 1 amide bonds. The zero-order valence-electron chi connectivity index (χ0n) is 14.3. The van der Waals surface area contributed by atoms with Gasteiger partial charge in [-0.3, -0.25) is 9.69 Å². The van der Waals surface area contributed by atoms with Crippen molar-refractivity contribution in [3.63, 3.8) is 0 Å². The van der Waals surface area contributed by atoms with Crippen molar-refractivity contribution in [2.75, 3.05) is 46.0 Å². The lowest BCUT2D eigenvalue weighted by Crippen LogP contribution is -2.56. The first kappa shape index (κ1) is 22.6. The van der Waals surface area contributed by atoms with Gasteiger partial charge in [-0.05, 0) is 18.4 Å². The number of nitrogens with zero attached hydrogens (tertiary/aromatic N) is 1. The fourth-order valence-corrected chi connectivity index (χ4v) is 3.98. The van der Waals surface area contributed by atoms with Crippen LogP contribution in [0.3, 0.4) is 0 Å². The van der Waals surface area contributed by atoms with E-state index in [9.17, 15) is 4.79 Å². The fraction of sp³-hybridized carbons (Fsp3) is 0.688. The molecule has 2 aliphatic heterocycles. The minimum absolute atomic E-state index is 0. The van der Waals surface area contributed by atoms with Crippen molar-refractivity contribution in [1.29, 1.82) is 0 Å². The Morgan fingerprint density at radius 2 is 2.16 bits per heavy atom. The summed E-state index contributed by atoms with van der Waals surface area (Å²) >= 11 is 1.74. The van der Waals surface area contributed by atoms with Crippen LogP contribution >= 0.6 is 36.2 Å². The minimum Gasteiger partial charge on any atom is -0.379 e. The van der Waals surface area contributed by atoms with Crippen molar-refractivity contribution in [1.82, 2.24) is 15.5 Å². The van der Waals surface area contributed by atoms with E-state index in [0.717, 1.165) is 32.8 Å². The number of carbonyl (C=O) groups excluding carboxylic acids is 1. The predicted octanol–water partition coefficient (Wildman–Crippen LogP) is 1.46. The van der Waals surface area contributed by atoms with Crippen LogP contribution in [0.25, 0.3) is 0 Å². The number of thiophene rings is 1. The summed E-state index contributed by atoms with van der Waals surface area (Å²) in [6.07, 6.45) is -0.0904. The van der Waals surface area contributed by atoms with Crippen LogP contribution in [0.5, 0.6) is 0 Å². The van der Waals surface area contributed by atoms with Gasteiger partial charge in [-0.15, -0.1) is 36.2 Å². The lowest BCUT2D eigenvalue weighted by atomic mass is 10.1.